The van der Waals surface area contributed by atoms with Crippen LogP contribution in [0.3, 0.4) is 0 Å². The minimum atomic E-state index is 0.158. The number of hydrogen-bond donors (Lipinski definition) is 1. The molecular weight excluding hydrogens is 330 g/mol. The molecule has 1 aliphatic heterocycles. The molecule has 1 aliphatic rings. The fourth-order valence-corrected chi connectivity index (χ4v) is 4.46. The first-order valence-electron chi connectivity index (χ1n) is 5.89. The fourth-order valence-electron chi connectivity index (χ4n) is 2.49. The lowest BCUT2D eigenvalue weighted by Crippen LogP contribution is -2.58. The molecule has 1 N–H and O–H groups in total. The predicted molar refractivity (Wildman–Crippen MR) is 81.7 cm³/mol. The van der Waals surface area contributed by atoms with E-state index in [9.17, 15) is 0 Å². The van der Waals surface area contributed by atoms with E-state index >= 15 is 0 Å². The Balaban J connectivity index is 1.96. The van der Waals surface area contributed by atoms with E-state index in [1.807, 2.05) is 23.5 Å². The number of halogens is 2. The van der Waals surface area contributed by atoms with Gasteiger partial charge in [-0.3, -0.25) is 0 Å². The molecule has 0 spiro atoms. The maximum atomic E-state index is 6.37. The fraction of sp³-hybridized carbons (Fsp3) is 0.286. The van der Waals surface area contributed by atoms with E-state index in [2.05, 4.69) is 44.8 Å². The molecule has 1 fully saturated rings. The van der Waals surface area contributed by atoms with Gasteiger partial charge in [-0.15, -0.1) is 11.3 Å². The molecule has 0 amide bonds. The van der Waals surface area contributed by atoms with Gasteiger partial charge < -0.3 is 5.32 Å². The standard InChI is InChI=1S/C14H13BrClNS/c15-11-5-6-18-13(11)7-14(8-17-9-14)10-3-1-2-4-12(10)16/h1-6,17H,7-9H2. The third-order valence-electron chi connectivity index (χ3n) is 3.56. The highest BCUT2D eigenvalue weighted by atomic mass is 79.9. The van der Waals surface area contributed by atoms with Gasteiger partial charge in [0.1, 0.15) is 0 Å². The molecule has 0 unspecified atom stereocenters. The molecule has 0 bridgehead atoms. The van der Waals surface area contributed by atoms with E-state index in [0.717, 1.165) is 24.5 Å². The molecule has 1 aromatic heterocycles. The maximum Gasteiger partial charge on any atom is 0.0444 e. The maximum absolute atomic E-state index is 6.37. The van der Waals surface area contributed by atoms with E-state index in [-0.39, 0.29) is 5.41 Å². The molecule has 1 aromatic carbocycles. The largest absolute Gasteiger partial charge is 0.315 e. The molecule has 18 heavy (non-hydrogen) atoms. The van der Waals surface area contributed by atoms with Crippen LogP contribution in [0.2, 0.25) is 5.02 Å². The van der Waals surface area contributed by atoms with Crippen molar-refractivity contribution in [3.63, 3.8) is 0 Å². The Kier molecular flexibility index (Phi) is 3.50. The van der Waals surface area contributed by atoms with Gasteiger partial charge in [0.05, 0.1) is 0 Å². The van der Waals surface area contributed by atoms with Crippen LogP contribution in [0.5, 0.6) is 0 Å². The summed E-state index contributed by atoms with van der Waals surface area (Å²) in [6.07, 6.45) is 1.04. The molecule has 1 saturated heterocycles. The van der Waals surface area contributed by atoms with E-state index < -0.39 is 0 Å². The SMILES string of the molecule is Clc1ccccc1C1(Cc2sccc2Br)CNC1. The van der Waals surface area contributed by atoms with Gasteiger partial charge in [-0.25, -0.2) is 0 Å². The van der Waals surface area contributed by atoms with Crippen molar-refractivity contribution in [3.8, 4) is 0 Å². The number of benzene rings is 1. The summed E-state index contributed by atoms with van der Waals surface area (Å²) >= 11 is 11.8. The van der Waals surface area contributed by atoms with Crippen LogP contribution >= 0.6 is 38.9 Å². The van der Waals surface area contributed by atoms with Crippen LogP contribution in [0.25, 0.3) is 0 Å². The van der Waals surface area contributed by atoms with Gasteiger partial charge in [0, 0.05) is 32.9 Å². The summed E-state index contributed by atoms with van der Waals surface area (Å²) in [6.45, 7) is 2.00. The summed E-state index contributed by atoms with van der Waals surface area (Å²) in [7, 11) is 0. The quantitative estimate of drug-likeness (QED) is 0.879. The summed E-state index contributed by atoms with van der Waals surface area (Å²) in [5.74, 6) is 0. The normalized spacial score (nSPS) is 17.4. The first-order valence-corrected chi connectivity index (χ1v) is 7.94. The van der Waals surface area contributed by atoms with Crippen molar-refractivity contribution >= 4 is 38.9 Å². The Morgan fingerprint density at radius 2 is 2.06 bits per heavy atom. The second-order valence-corrected chi connectivity index (χ2v) is 6.99. The van der Waals surface area contributed by atoms with Crippen molar-refractivity contribution in [3.05, 3.63) is 55.6 Å². The molecule has 0 aliphatic carbocycles. The first kappa shape index (κ1) is 12.7. The molecule has 3 rings (SSSR count). The lowest BCUT2D eigenvalue weighted by Gasteiger charge is -2.43. The lowest BCUT2D eigenvalue weighted by molar-refractivity contribution is 0.276. The van der Waals surface area contributed by atoms with E-state index in [4.69, 9.17) is 11.6 Å². The van der Waals surface area contributed by atoms with Gasteiger partial charge in [0.15, 0.2) is 0 Å². The van der Waals surface area contributed by atoms with Crippen LogP contribution in [0.1, 0.15) is 10.4 Å². The van der Waals surface area contributed by atoms with E-state index in [1.165, 1.54) is 14.9 Å². The Labute approximate surface area is 124 Å². The van der Waals surface area contributed by atoms with Crippen molar-refractivity contribution in [2.75, 3.05) is 13.1 Å². The highest BCUT2D eigenvalue weighted by molar-refractivity contribution is 9.10. The van der Waals surface area contributed by atoms with Crippen molar-refractivity contribution in [1.29, 1.82) is 0 Å². The molecule has 4 heteroatoms. The zero-order chi connectivity index (χ0) is 12.6. The molecule has 1 nitrogen and oxygen atoms in total. The third kappa shape index (κ3) is 2.14. The van der Waals surface area contributed by atoms with Crippen LogP contribution in [0.15, 0.2) is 40.2 Å². The van der Waals surface area contributed by atoms with Crippen molar-refractivity contribution < 1.29 is 0 Å². The highest BCUT2D eigenvalue weighted by Crippen LogP contribution is 2.39. The van der Waals surface area contributed by atoms with Gasteiger partial charge in [0.25, 0.3) is 0 Å². The first-order chi connectivity index (χ1) is 8.71. The minimum absolute atomic E-state index is 0.158. The van der Waals surface area contributed by atoms with E-state index in [1.54, 1.807) is 0 Å². The zero-order valence-electron chi connectivity index (χ0n) is 9.75. The van der Waals surface area contributed by atoms with Crippen LogP contribution in [0, 0.1) is 0 Å². The third-order valence-corrected chi connectivity index (χ3v) is 5.82. The van der Waals surface area contributed by atoms with Crippen molar-refractivity contribution in [2.45, 2.75) is 11.8 Å². The Hall–Kier alpha value is -0.350. The van der Waals surface area contributed by atoms with Gasteiger partial charge in [-0.2, -0.15) is 0 Å². The molecule has 0 radical (unpaired) electrons. The molecule has 0 saturated carbocycles. The van der Waals surface area contributed by atoms with Crippen LogP contribution < -0.4 is 5.32 Å². The predicted octanol–water partition coefficient (Wildman–Crippen LogP) is 4.25. The second-order valence-electron chi connectivity index (χ2n) is 4.73. The molecule has 2 heterocycles. The smallest absolute Gasteiger partial charge is 0.0444 e. The van der Waals surface area contributed by atoms with Gasteiger partial charge >= 0.3 is 0 Å². The monoisotopic (exact) mass is 341 g/mol. The van der Waals surface area contributed by atoms with Crippen LogP contribution in [-0.2, 0) is 11.8 Å². The van der Waals surface area contributed by atoms with Crippen molar-refractivity contribution in [1.82, 2.24) is 5.32 Å². The highest BCUT2D eigenvalue weighted by Gasteiger charge is 2.40. The van der Waals surface area contributed by atoms with Gasteiger partial charge in [-0.05, 0) is 45.4 Å². The van der Waals surface area contributed by atoms with Crippen LogP contribution in [0.4, 0.5) is 0 Å². The minimum Gasteiger partial charge on any atom is -0.315 e. The number of rotatable bonds is 3. The lowest BCUT2D eigenvalue weighted by atomic mass is 9.72. The average molecular weight is 343 g/mol. The summed E-state index contributed by atoms with van der Waals surface area (Å²) in [5, 5.41) is 6.40. The Bertz CT molecular complexity index is 562. The summed E-state index contributed by atoms with van der Waals surface area (Å²) in [5.41, 5.74) is 1.43. The molecule has 2 aromatic rings. The Morgan fingerprint density at radius 3 is 2.61 bits per heavy atom. The van der Waals surface area contributed by atoms with Gasteiger partial charge in [-0.1, -0.05) is 29.8 Å². The van der Waals surface area contributed by atoms with E-state index in [0.29, 0.717) is 0 Å². The molecular formula is C14H13BrClNS. The van der Waals surface area contributed by atoms with Gasteiger partial charge in [0.2, 0.25) is 0 Å². The number of hydrogen-bond acceptors (Lipinski definition) is 2. The topological polar surface area (TPSA) is 12.0 Å². The average Bonchev–Trinajstić information content (AvgIpc) is 2.71. The zero-order valence-corrected chi connectivity index (χ0v) is 12.9. The Morgan fingerprint density at radius 1 is 1.28 bits per heavy atom. The number of nitrogens with one attached hydrogen (secondary N) is 1. The number of thiophene rings is 1. The summed E-state index contributed by atoms with van der Waals surface area (Å²) in [6, 6.07) is 10.3. The summed E-state index contributed by atoms with van der Waals surface area (Å²) in [4.78, 5) is 1.40. The van der Waals surface area contributed by atoms with Crippen LogP contribution in [-0.4, -0.2) is 13.1 Å². The second kappa shape index (κ2) is 4.97. The summed E-state index contributed by atoms with van der Waals surface area (Å²) < 4.78 is 1.21. The molecule has 94 valence electrons. The van der Waals surface area contributed by atoms with Crippen molar-refractivity contribution in [2.24, 2.45) is 0 Å². The molecule has 0 atom stereocenters.